The summed E-state index contributed by atoms with van der Waals surface area (Å²) in [5.74, 6) is 0.301. The zero-order valence-corrected chi connectivity index (χ0v) is 15.1. The van der Waals surface area contributed by atoms with Gasteiger partial charge in [-0.1, -0.05) is 22.0 Å². The van der Waals surface area contributed by atoms with Gasteiger partial charge in [-0.05, 0) is 42.3 Å². The number of halogens is 1. The summed E-state index contributed by atoms with van der Waals surface area (Å²) < 4.78 is 0.937. The van der Waals surface area contributed by atoms with Gasteiger partial charge in [0.15, 0.2) is 0 Å². The van der Waals surface area contributed by atoms with Crippen molar-refractivity contribution in [3.05, 3.63) is 76.4 Å². The quantitative estimate of drug-likeness (QED) is 0.684. The Balaban J connectivity index is 1.61. The Morgan fingerprint density at radius 1 is 1.12 bits per heavy atom. The first-order valence-corrected chi connectivity index (χ1v) is 8.43. The van der Waals surface area contributed by atoms with Crippen molar-refractivity contribution in [2.24, 2.45) is 0 Å². The molecule has 7 heteroatoms. The number of aromatic nitrogens is 3. The van der Waals surface area contributed by atoms with Crippen molar-refractivity contribution in [2.45, 2.75) is 13.5 Å². The normalized spacial score (nSPS) is 10.3. The number of nitrogens with one attached hydrogen (secondary N) is 2. The van der Waals surface area contributed by atoms with Crippen LogP contribution in [0.4, 0.5) is 11.5 Å². The Hall–Kier alpha value is -2.80. The van der Waals surface area contributed by atoms with Crippen LogP contribution >= 0.6 is 15.9 Å². The molecule has 0 aliphatic carbocycles. The number of nitrogens with zero attached hydrogens (tertiary/aromatic N) is 3. The van der Waals surface area contributed by atoms with Gasteiger partial charge in [-0.25, -0.2) is 9.97 Å². The maximum atomic E-state index is 12.2. The highest BCUT2D eigenvalue weighted by Crippen LogP contribution is 2.21. The van der Waals surface area contributed by atoms with Gasteiger partial charge in [0.05, 0.1) is 12.4 Å². The molecule has 3 aromatic rings. The smallest absolute Gasteiger partial charge is 0.275 e. The first-order chi connectivity index (χ1) is 12.1. The Morgan fingerprint density at radius 3 is 2.60 bits per heavy atom. The second-order valence-electron chi connectivity index (χ2n) is 5.41. The molecule has 0 saturated heterocycles. The summed E-state index contributed by atoms with van der Waals surface area (Å²) in [5.41, 5.74) is 3.14. The Morgan fingerprint density at radius 2 is 1.92 bits per heavy atom. The summed E-state index contributed by atoms with van der Waals surface area (Å²) in [6.07, 6.45) is 6.47. The number of pyridine rings is 1. The lowest BCUT2D eigenvalue weighted by atomic mass is 10.2. The Kier molecular flexibility index (Phi) is 5.35. The van der Waals surface area contributed by atoms with E-state index in [1.807, 2.05) is 37.3 Å². The molecule has 1 aromatic carbocycles. The molecule has 2 heterocycles. The minimum Gasteiger partial charge on any atom is -0.365 e. The van der Waals surface area contributed by atoms with Crippen molar-refractivity contribution in [1.29, 1.82) is 0 Å². The number of aryl methyl sites for hydroxylation is 1. The van der Waals surface area contributed by atoms with E-state index >= 15 is 0 Å². The predicted octanol–water partition coefficient (Wildman–Crippen LogP) is 3.81. The van der Waals surface area contributed by atoms with E-state index in [4.69, 9.17) is 0 Å². The zero-order chi connectivity index (χ0) is 17.6. The van der Waals surface area contributed by atoms with Crippen molar-refractivity contribution in [1.82, 2.24) is 15.0 Å². The van der Waals surface area contributed by atoms with E-state index in [0.29, 0.717) is 18.1 Å². The molecule has 3 rings (SSSR count). The lowest BCUT2D eigenvalue weighted by Gasteiger charge is -2.08. The lowest BCUT2D eigenvalue weighted by Crippen LogP contribution is -2.14. The summed E-state index contributed by atoms with van der Waals surface area (Å²) in [7, 11) is 0. The van der Waals surface area contributed by atoms with E-state index in [9.17, 15) is 4.79 Å². The minimum absolute atomic E-state index is 0.256. The van der Waals surface area contributed by atoms with Crippen molar-refractivity contribution in [3.8, 4) is 0 Å². The second-order valence-corrected chi connectivity index (χ2v) is 6.27. The highest BCUT2D eigenvalue weighted by atomic mass is 79.9. The average Bonchev–Trinajstić information content (AvgIpc) is 2.64. The molecule has 0 atom stereocenters. The fourth-order valence-electron chi connectivity index (χ4n) is 2.10. The van der Waals surface area contributed by atoms with Crippen LogP contribution in [0.2, 0.25) is 0 Å². The molecule has 0 aliphatic heterocycles. The zero-order valence-electron chi connectivity index (χ0n) is 13.5. The third-order valence-electron chi connectivity index (χ3n) is 3.54. The highest BCUT2D eigenvalue weighted by Gasteiger charge is 2.09. The number of carbonyl (C=O) groups is 1. The van der Waals surface area contributed by atoms with Gasteiger partial charge in [-0.2, -0.15) is 0 Å². The van der Waals surface area contributed by atoms with Crippen LogP contribution in [0, 0.1) is 6.92 Å². The maximum absolute atomic E-state index is 12.2. The van der Waals surface area contributed by atoms with Gasteiger partial charge in [0.1, 0.15) is 11.5 Å². The standard InChI is InChI=1S/C18H16BrN5O/c1-12-2-3-14(8-15(12)19)24-18(25)16-10-23-17(11-21-16)22-9-13-4-6-20-7-5-13/h2-8,10-11H,9H2,1H3,(H,22,23)(H,24,25). The summed E-state index contributed by atoms with van der Waals surface area (Å²) in [6, 6.07) is 9.46. The molecule has 0 fully saturated rings. The van der Waals surface area contributed by atoms with E-state index in [1.165, 1.54) is 6.20 Å². The number of anilines is 2. The molecular formula is C18H16BrN5O. The molecule has 126 valence electrons. The predicted molar refractivity (Wildman–Crippen MR) is 100 cm³/mol. The van der Waals surface area contributed by atoms with E-state index in [-0.39, 0.29) is 11.6 Å². The average molecular weight is 398 g/mol. The van der Waals surface area contributed by atoms with Crippen LogP contribution < -0.4 is 10.6 Å². The van der Waals surface area contributed by atoms with Gasteiger partial charge < -0.3 is 10.6 Å². The first-order valence-electron chi connectivity index (χ1n) is 7.64. The summed E-state index contributed by atoms with van der Waals surface area (Å²) in [6.45, 7) is 2.60. The molecule has 0 aliphatic rings. The number of hydrogen-bond acceptors (Lipinski definition) is 5. The van der Waals surface area contributed by atoms with Crippen molar-refractivity contribution >= 4 is 33.3 Å². The fraction of sp³-hybridized carbons (Fsp3) is 0.111. The SMILES string of the molecule is Cc1ccc(NC(=O)c2cnc(NCc3ccncc3)cn2)cc1Br. The third kappa shape index (κ3) is 4.60. The van der Waals surface area contributed by atoms with Gasteiger partial charge in [-0.15, -0.1) is 0 Å². The van der Waals surface area contributed by atoms with E-state index < -0.39 is 0 Å². The van der Waals surface area contributed by atoms with Crippen LogP contribution in [-0.4, -0.2) is 20.9 Å². The molecule has 2 aromatic heterocycles. The van der Waals surface area contributed by atoms with E-state index in [2.05, 4.69) is 41.5 Å². The topological polar surface area (TPSA) is 79.8 Å². The summed E-state index contributed by atoms with van der Waals surface area (Å²) in [4.78, 5) is 24.6. The molecule has 0 saturated carbocycles. The largest absolute Gasteiger partial charge is 0.365 e. The second kappa shape index (κ2) is 7.85. The van der Waals surface area contributed by atoms with Crippen LogP contribution in [0.1, 0.15) is 21.6 Å². The van der Waals surface area contributed by atoms with Crippen molar-refractivity contribution < 1.29 is 4.79 Å². The monoisotopic (exact) mass is 397 g/mol. The van der Waals surface area contributed by atoms with Crippen LogP contribution in [0.25, 0.3) is 0 Å². The summed E-state index contributed by atoms with van der Waals surface area (Å²) in [5, 5.41) is 5.96. The van der Waals surface area contributed by atoms with Gasteiger partial charge in [-0.3, -0.25) is 9.78 Å². The molecule has 0 radical (unpaired) electrons. The molecule has 0 unspecified atom stereocenters. The third-order valence-corrected chi connectivity index (χ3v) is 4.39. The van der Waals surface area contributed by atoms with Crippen molar-refractivity contribution in [2.75, 3.05) is 10.6 Å². The molecule has 25 heavy (non-hydrogen) atoms. The maximum Gasteiger partial charge on any atom is 0.275 e. The fourth-order valence-corrected chi connectivity index (χ4v) is 2.47. The first kappa shape index (κ1) is 17.0. The number of benzene rings is 1. The Bertz CT molecular complexity index is 868. The molecule has 0 spiro atoms. The lowest BCUT2D eigenvalue weighted by molar-refractivity contribution is 0.102. The Labute approximate surface area is 153 Å². The molecule has 1 amide bonds. The molecule has 2 N–H and O–H groups in total. The number of amides is 1. The van der Waals surface area contributed by atoms with E-state index in [0.717, 1.165) is 15.6 Å². The van der Waals surface area contributed by atoms with Crippen molar-refractivity contribution in [3.63, 3.8) is 0 Å². The number of carbonyl (C=O) groups excluding carboxylic acids is 1. The van der Waals surface area contributed by atoms with Crippen LogP contribution in [0.15, 0.2) is 59.6 Å². The van der Waals surface area contributed by atoms with Gasteiger partial charge in [0, 0.05) is 29.1 Å². The van der Waals surface area contributed by atoms with Gasteiger partial charge in [0.25, 0.3) is 5.91 Å². The van der Waals surface area contributed by atoms with Crippen LogP contribution in [0.5, 0.6) is 0 Å². The number of rotatable bonds is 5. The van der Waals surface area contributed by atoms with Crippen LogP contribution in [-0.2, 0) is 6.54 Å². The van der Waals surface area contributed by atoms with E-state index in [1.54, 1.807) is 18.6 Å². The van der Waals surface area contributed by atoms with Crippen LogP contribution in [0.3, 0.4) is 0 Å². The molecule has 6 nitrogen and oxygen atoms in total. The highest BCUT2D eigenvalue weighted by molar-refractivity contribution is 9.10. The molecular weight excluding hydrogens is 382 g/mol. The molecule has 0 bridgehead atoms. The van der Waals surface area contributed by atoms with Gasteiger partial charge in [0.2, 0.25) is 0 Å². The minimum atomic E-state index is -0.302. The summed E-state index contributed by atoms with van der Waals surface area (Å²) >= 11 is 3.45. The number of hydrogen-bond donors (Lipinski definition) is 2. The van der Waals surface area contributed by atoms with Gasteiger partial charge >= 0.3 is 0 Å².